The van der Waals surface area contributed by atoms with Gasteiger partial charge in [-0.1, -0.05) is 32.9 Å². The van der Waals surface area contributed by atoms with E-state index in [1.54, 1.807) is 32.7 Å². The van der Waals surface area contributed by atoms with Crippen LogP contribution in [-0.4, -0.2) is 18.8 Å². The summed E-state index contributed by atoms with van der Waals surface area (Å²) in [5.74, 6) is 0.757. The number of methoxy groups -OCH3 is 1. The van der Waals surface area contributed by atoms with Gasteiger partial charge in [0.1, 0.15) is 15.0 Å². The molecule has 124 valence electrons. The van der Waals surface area contributed by atoms with Crippen molar-refractivity contribution in [2.45, 2.75) is 19.4 Å². The molecule has 1 aliphatic rings. The standard InChI is InChI=1S/C16H14N2O2S4/c1-16(2)14-13(15(21)24-23-14)10-6-9(20-3)4-5-11(10)18(16)12(19)7-22-8-17/h4-6H,7H2,1-3H3. The fourth-order valence-corrected chi connectivity index (χ4v) is 6.54. The van der Waals surface area contributed by atoms with E-state index in [0.29, 0.717) is 0 Å². The number of hydrogen-bond acceptors (Lipinski definition) is 7. The summed E-state index contributed by atoms with van der Waals surface area (Å²) in [7, 11) is 4.78. The van der Waals surface area contributed by atoms with E-state index in [2.05, 4.69) is 0 Å². The highest BCUT2D eigenvalue weighted by atomic mass is 32.9. The minimum absolute atomic E-state index is 0.0899. The van der Waals surface area contributed by atoms with Crippen LogP contribution in [0, 0.1) is 14.5 Å². The average molecular weight is 395 g/mol. The first kappa shape index (κ1) is 17.4. The molecule has 0 fully saturated rings. The number of anilines is 1. The second-order valence-electron chi connectivity index (χ2n) is 5.71. The van der Waals surface area contributed by atoms with E-state index in [1.165, 1.54) is 0 Å². The molecule has 1 aromatic carbocycles. The third-order valence-corrected chi connectivity index (χ3v) is 7.82. The number of hydrogen-bond donors (Lipinski definition) is 0. The van der Waals surface area contributed by atoms with E-state index in [1.807, 2.05) is 37.4 Å². The Labute approximate surface area is 157 Å². The largest absolute Gasteiger partial charge is 0.497 e. The Morgan fingerprint density at radius 1 is 1.46 bits per heavy atom. The summed E-state index contributed by atoms with van der Waals surface area (Å²) in [6, 6.07) is 5.66. The Bertz CT molecular complexity index is 908. The highest BCUT2D eigenvalue weighted by Gasteiger charge is 2.42. The molecule has 1 aliphatic heterocycles. The second kappa shape index (κ2) is 6.48. The molecule has 0 spiro atoms. The lowest BCUT2D eigenvalue weighted by atomic mass is 9.87. The van der Waals surface area contributed by atoms with Crippen molar-refractivity contribution in [2.75, 3.05) is 17.8 Å². The molecule has 0 N–H and O–H groups in total. The van der Waals surface area contributed by atoms with Crippen molar-refractivity contribution in [3.63, 3.8) is 0 Å². The zero-order valence-electron chi connectivity index (χ0n) is 13.3. The van der Waals surface area contributed by atoms with Crippen LogP contribution < -0.4 is 9.64 Å². The summed E-state index contributed by atoms with van der Waals surface area (Å²) in [6.45, 7) is 4.04. The predicted molar refractivity (Wildman–Crippen MR) is 104 cm³/mol. The Morgan fingerprint density at radius 3 is 2.88 bits per heavy atom. The van der Waals surface area contributed by atoms with Gasteiger partial charge in [-0.15, -0.1) is 0 Å². The molecule has 0 atom stereocenters. The molecule has 0 radical (unpaired) electrons. The first-order valence-corrected chi connectivity index (χ1v) is 10.6. The van der Waals surface area contributed by atoms with Crippen molar-refractivity contribution < 1.29 is 9.53 Å². The molecule has 0 bridgehead atoms. The molecule has 0 aliphatic carbocycles. The number of benzene rings is 1. The van der Waals surface area contributed by atoms with Gasteiger partial charge >= 0.3 is 0 Å². The number of nitriles is 1. The highest BCUT2D eigenvalue weighted by Crippen LogP contribution is 2.52. The topological polar surface area (TPSA) is 53.3 Å². The summed E-state index contributed by atoms with van der Waals surface area (Å²) in [4.78, 5) is 15.7. The Hall–Kier alpha value is -1.40. The number of ether oxygens (including phenoxy) is 1. The number of amides is 1. The quantitative estimate of drug-likeness (QED) is 0.416. The smallest absolute Gasteiger partial charge is 0.238 e. The van der Waals surface area contributed by atoms with E-state index in [9.17, 15) is 4.79 Å². The van der Waals surface area contributed by atoms with Gasteiger partial charge in [-0.3, -0.25) is 4.79 Å². The minimum Gasteiger partial charge on any atom is -0.497 e. The molecule has 1 aromatic heterocycles. The van der Waals surface area contributed by atoms with Gasteiger partial charge in [0.05, 0.1) is 29.0 Å². The second-order valence-corrected chi connectivity index (χ2v) is 9.29. The van der Waals surface area contributed by atoms with Crippen LogP contribution in [0.3, 0.4) is 0 Å². The van der Waals surface area contributed by atoms with E-state index in [0.717, 1.165) is 43.0 Å². The van der Waals surface area contributed by atoms with E-state index >= 15 is 0 Å². The number of thiocyanates is 1. The summed E-state index contributed by atoms with van der Waals surface area (Å²) in [5, 5.41) is 10.8. The third kappa shape index (κ3) is 2.65. The van der Waals surface area contributed by atoms with Crippen molar-refractivity contribution in [3.05, 3.63) is 26.9 Å². The lowest BCUT2D eigenvalue weighted by Gasteiger charge is -2.42. The van der Waals surface area contributed by atoms with Gasteiger partial charge in [0.25, 0.3) is 0 Å². The molecule has 0 unspecified atom stereocenters. The van der Waals surface area contributed by atoms with Crippen LogP contribution >= 0.6 is 44.7 Å². The maximum Gasteiger partial charge on any atom is 0.238 e. The van der Waals surface area contributed by atoms with Gasteiger partial charge in [0.15, 0.2) is 0 Å². The van der Waals surface area contributed by atoms with Crippen molar-refractivity contribution in [2.24, 2.45) is 0 Å². The molecule has 0 saturated heterocycles. The fourth-order valence-electron chi connectivity index (χ4n) is 2.94. The molecule has 2 heterocycles. The van der Waals surface area contributed by atoms with Gasteiger partial charge in [-0.2, -0.15) is 5.26 Å². The van der Waals surface area contributed by atoms with Crippen molar-refractivity contribution in [1.29, 1.82) is 5.26 Å². The maximum atomic E-state index is 12.8. The van der Waals surface area contributed by atoms with Gasteiger partial charge in [0, 0.05) is 11.1 Å². The normalized spacial score (nSPS) is 14.5. The first-order chi connectivity index (χ1) is 11.4. The van der Waals surface area contributed by atoms with Gasteiger partial charge in [-0.25, -0.2) is 0 Å². The fraction of sp³-hybridized carbons (Fsp3) is 0.312. The lowest BCUT2D eigenvalue weighted by Crippen LogP contribution is -2.48. The van der Waals surface area contributed by atoms with Gasteiger partial charge < -0.3 is 9.64 Å². The summed E-state index contributed by atoms with van der Waals surface area (Å²) >= 11 is 6.50. The van der Waals surface area contributed by atoms with Crippen LogP contribution in [0.15, 0.2) is 18.2 Å². The van der Waals surface area contributed by atoms with Crippen LogP contribution in [0.4, 0.5) is 5.69 Å². The number of carbonyl (C=O) groups excluding carboxylic acids is 1. The molecule has 2 aromatic rings. The number of rotatable bonds is 3. The number of carbonyl (C=O) groups is 1. The Morgan fingerprint density at radius 2 is 2.21 bits per heavy atom. The number of fused-ring (bicyclic) bond motifs is 3. The minimum atomic E-state index is -0.512. The zero-order valence-corrected chi connectivity index (χ0v) is 16.5. The molecular weight excluding hydrogens is 380 g/mol. The molecule has 4 nitrogen and oxygen atoms in total. The Balaban J connectivity index is 2.25. The number of nitrogens with zero attached hydrogens (tertiary/aromatic N) is 2. The molecule has 1 amide bonds. The molecule has 0 saturated carbocycles. The molecule has 8 heteroatoms. The SMILES string of the molecule is COc1ccc2c(c1)-c1c(ssc1=S)C(C)(C)N2C(=O)CSC#N. The monoisotopic (exact) mass is 394 g/mol. The summed E-state index contributed by atoms with van der Waals surface area (Å²) in [5.41, 5.74) is 2.24. The summed E-state index contributed by atoms with van der Waals surface area (Å²) < 4.78 is 6.18. The average Bonchev–Trinajstić information content (AvgIpc) is 2.95. The van der Waals surface area contributed by atoms with Gasteiger partial charge in [-0.05, 0) is 43.8 Å². The lowest BCUT2D eigenvalue weighted by molar-refractivity contribution is -0.117. The van der Waals surface area contributed by atoms with Crippen LogP contribution in [-0.2, 0) is 10.3 Å². The predicted octanol–water partition coefficient (Wildman–Crippen LogP) is 5.01. The third-order valence-electron chi connectivity index (χ3n) is 3.97. The van der Waals surface area contributed by atoms with E-state index < -0.39 is 5.54 Å². The molecule has 24 heavy (non-hydrogen) atoms. The maximum absolute atomic E-state index is 12.8. The van der Waals surface area contributed by atoms with Crippen LogP contribution in [0.2, 0.25) is 0 Å². The van der Waals surface area contributed by atoms with Crippen LogP contribution in [0.1, 0.15) is 18.7 Å². The van der Waals surface area contributed by atoms with Gasteiger partial charge in [0.2, 0.25) is 5.91 Å². The number of thioether (sulfide) groups is 1. The summed E-state index contributed by atoms with van der Waals surface area (Å²) in [6.07, 6.45) is 0. The molecule has 3 rings (SSSR count). The van der Waals surface area contributed by atoms with Crippen molar-refractivity contribution >= 4 is 56.3 Å². The van der Waals surface area contributed by atoms with Crippen LogP contribution in [0.25, 0.3) is 11.1 Å². The zero-order chi connectivity index (χ0) is 17.5. The van der Waals surface area contributed by atoms with Crippen molar-refractivity contribution in [3.8, 4) is 22.3 Å². The van der Waals surface area contributed by atoms with E-state index in [-0.39, 0.29) is 11.7 Å². The van der Waals surface area contributed by atoms with E-state index in [4.69, 9.17) is 22.2 Å². The van der Waals surface area contributed by atoms with Crippen molar-refractivity contribution in [1.82, 2.24) is 0 Å². The van der Waals surface area contributed by atoms with Crippen LogP contribution in [0.5, 0.6) is 5.75 Å². The molecular formula is C16H14N2O2S4. The first-order valence-electron chi connectivity index (χ1n) is 7.07. The Kier molecular flexibility index (Phi) is 4.71. The highest BCUT2D eigenvalue weighted by molar-refractivity contribution is 8.04.